The average molecular weight is 226 g/mol. The zero-order valence-electron chi connectivity index (χ0n) is 10.1. The van der Waals surface area contributed by atoms with E-state index in [-0.39, 0.29) is 18.1 Å². The molecule has 2 saturated carbocycles. The van der Waals surface area contributed by atoms with Crippen LogP contribution in [-0.4, -0.2) is 47.7 Å². The molecule has 2 rings (SSSR count). The third kappa shape index (κ3) is 3.19. The van der Waals surface area contributed by atoms with Gasteiger partial charge in [-0.25, -0.2) is 0 Å². The Kier molecular flexibility index (Phi) is 3.50. The number of carbonyl (C=O) groups is 1. The van der Waals surface area contributed by atoms with Crippen LogP contribution in [0.4, 0.5) is 0 Å². The van der Waals surface area contributed by atoms with E-state index in [1.807, 2.05) is 18.9 Å². The van der Waals surface area contributed by atoms with Gasteiger partial charge in [-0.2, -0.15) is 0 Å². The van der Waals surface area contributed by atoms with Gasteiger partial charge in [-0.05, 0) is 45.6 Å². The van der Waals surface area contributed by atoms with Crippen LogP contribution < -0.4 is 5.32 Å². The van der Waals surface area contributed by atoms with E-state index in [0.717, 1.165) is 25.7 Å². The van der Waals surface area contributed by atoms with Crippen molar-refractivity contribution in [2.45, 2.75) is 50.8 Å². The molecule has 0 saturated heterocycles. The molecule has 16 heavy (non-hydrogen) atoms. The van der Waals surface area contributed by atoms with Gasteiger partial charge in [-0.3, -0.25) is 9.69 Å². The van der Waals surface area contributed by atoms with E-state index in [0.29, 0.717) is 18.5 Å². The van der Waals surface area contributed by atoms with E-state index in [9.17, 15) is 9.90 Å². The minimum absolute atomic E-state index is 0.0907. The van der Waals surface area contributed by atoms with Crippen LogP contribution in [0.2, 0.25) is 0 Å². The lowest BCUT2D eigenvalue weighted by atomic mass is 10.2. The second kappa shape index (κ2) is 4.72. The van der Waals surface area contributed by atoms with Gasteiger partial charge in [-0.15, -0.1) is 0 Å². The van der Waals surface area contributed by atoms with E-state index in [4.69, 9.17) is 0 Å². The van der Waals surface area contributed by atoms with Gasteiger partial charge in [0.15, 0.2) is 0 Å². The smallest absolute Gasteiger partial charge is 0.237 e. The lowest BCUT2D eigenvalue weighted by molar-refractivity contribution is -0.126. The van der Waals surface area contributed by atoms with Crippen LogP contribution in [0.3, 0.4) is 0 Å². The molecule has 0 aromatic carbocycles. The number of carbonyl (C=O) groups excluding carboxylic acids is 1. The Morgan fingerprint density at radius 3 is 2.56 bits per heavy atom. The van der Waals surface area contributed by atoms with Crippen molar-refractivity contribution in [1.29, 1.82) is 0 Å². The van der Waals surface area contributed by atoms with Crippen LogP contribution >= 0.6 is 0 Å². The normalized spacial score (nSPS) is 24.2. The van der Waals surface area contributed by atoms with Gasteiger partial charge in [0.25, 0.3) is 0 Å². The highest BCUT2D eigenvalue weighted by Gasteiger charge is 2.32. The molecule has 2 unspecified atom stereocenters. The Labute approximate surface area is 97.0 Å². The van der Waals surface area contributed by atoms with E-state index in [2.05, 4.69) is 5.32 Å². The van der Waals surface area contributed by atoms with Crippen molar-refractivity contribution in [2.24, 2.45) is 5.92 Å². The summed E-state index contributed by atoms with van der Waals surface area (Å²) in [5.41, 5.74) is 0. The monoisotopic (exact) mass is 226 g/mol. The number of nitrogens with one attached hydrogen (secondary N) is 1. The summed E-state index contributed by atoms with van der Waals surface area (Å²) in [5, 5.41) is 12.8. The molecule has 0 bridgehead atoms. The van der Waals surface area contributed by atoms with Crippen LogP contribution in [0.25, 0.3) is 0 Å². The Balaban J connectivity index is 1.72. The first-order valence-electron chi connectivity index (χ1n) is 6.26. The Bertz CT molecular complexity index is 262. The summed E-state index contributed by atoms with van der Waals surface area (Å²) in [6.45, 7) is 2.50. The number of aliphatic hydroxyl groups is 1. The summed E-state index contributed by atoms with van der Waals surface area (Å²) < 4.78 is 0. The number of likely N-dealkylation sites (N-methyl/N-ethyl adjacent to an activating group) is 1. The molecule has 2 aliphatic carbocycles. The Morgan fingerprint density at radius 2 is 2.06 bits per heavy atom. The zero-order chi connectivity index (χ0) is 11.7. The van der Waals surface area contributed by atoms with E-state index in [1.165, 1.54) is 0 Å². The lowest BCUT2D eigenvalue weighted by Gasteiger charge is -2.26. The van der Waals surface area contributed by atoms with Crippen LogP contribution in [0, 0.1) is 5.92 Å². The molecule has 0 aromatic rings. The molecule has 2 aliphatic rings. The van der Waals surface area contributed by atoms with Gasteiger partial charge in [0.2, 0.25) is 5.91 Å². The fourth-order valence-electron chi connectivity index (χ4n) is 1.83. The standard InChI is InChI=1S/C12H22N2O2/c1-8(12(16)13-10-5-6-10)14(2)7-11(15)9-3-4-9/h8-11,15H,3-7H2,1-2H3,(H,13,16). The van der Waals surface area contributed by atoms with E-state index in [1.54, 1.807) is 0 Å². The first-order valence-corrected chi connectivity index (χ1v) is 6.26. The molecule has 0 aromatic heterocycles. The molecule has 0 heterocycles. The molecular weight excluding hydrogens is 204 g/mol. The largest absolute Gasteiger partial charge is 0.392 e. The summed E-state index contributed by atoms with van der Waals surface area (Å²) in [6.07, 6.45) is 4.25. The number of hydrogen-bond acceptors (Lipinski definition) is 3. The second-order valence-electron chi connectivity index (χ2n) is 5.30. The molecule has 1 amide bonds. The van der Waals surface area contributed by atoms with Gasteiger partial charge in [0, 0.05) is 12.6 Å². The second-order valence-corrected chi connectivity index (χ2v) is 5.30. The highest BCUT2D eigenvalue weighted by atomic mass is 16.3. The highest BCUT2D eigenvalue weighted by Crippen LogP contribution is 2.32. The first kappa shape index (κ1) is 11.9. The molecule has 2 atom stereocenters. The van der Waals surface area contributed by atoms with Crippen molar-refractivity contribution in [3.05, 3.63) is 0 Å². The van der Waals surface area contributed by atoms with Crippen molar-refractivity contribution in [1.82, 2.24) is 10.2 Å². The lowest BCUT2D eigenvalue weighted by Crippen LogP contribution is -2.46. The fourth-order valence-corrected chi connectivity index (χ4v) is 1.83. The highest BCUT2D eigenvalue weighted by molar-refractivity contribution is 5.81. The summed E-state index contributed by atoms with van der Waals surface area (Å²) in [5.74, 6) is 0.564. The summed E-state index contributed by atoms with van der Waals surface area (Å²) in [6, 6.07) is 0.269. The third-order valence-electron chi connectivity index (χ3n) is 3.61. The first-order chi connectivity index (χ1) is 7.58. The predicted molar refractivity (Wildman–Crippen MR) is 62.0 cm³/mol. The maximum atomic E-state index is 11.8. The average Bonchev–Trinajstić information content (AvgIpc) is 3.08. The quantitative estimate of drug-likeness (QED) is 0.687. The summed E-state index contributed by atoms with van der Waals surface area (Å²) in [4.78, 5) is 13.7. The fraction of sp³-hybridized carbons (Fsp3) is 0.917. The SMILES string of the molecule is CC(C(=O)NC1CC1)N(C)CC(O)C1CC1. The number of hydrogen-bond donors (Lipinski definition) is 2. The molecule has 92 valence electrons. The molecule has 2 N–H and O–H groups in total. The Morgan fingerprint density at radius 1 is 1.44 bits per heavy atom. The molecule has 2 fully saturated rings. The van der Waals surface area contributed by atoms with Crippen molar-refractivity contribution < 1.29 is 9.90 Å². The van der Waals surface area contributed by atoms with Gasteiger partial charge in [0.1, 0.15) is 0 Å². The van der Waals surface area contributed by atoms with Crippen LogP contribution in [0.1, 0.15) is 32.6 Å². The predicted octanol–water partition coefficient (Wildman–Crippen LogP) is 0.356. The van der Waals surface area contributed by atoms with E-state index < -0.39 is 0 Å². The van der Waals surface area contributed by atoms with Gasteiger partial charge in [0.05, 0.1) is 12.1 Å². The van der Waals surface area contributed by atoms with E-state index >= 15 is 0 Å². The van der Waals surface area contributed by atoms with Gasteiger partial charge < -0.3 is 10.4 Å². The summed E-state index contributed by atoms with van der Waals surface area (Å²) >= 11 is 0. The van der Waals surface area contributed by atoms with Gasteiger partial charge in [-0.1, -0.05) is 0 Å². The molecule has 4 heteroatoms. The molecule has 0 aliphatic heterocycles. The van der Waals surface area contributed by atoms with Crippen molar-refractivity contribution >= 4 is 5.91 Å². The van der Waals surface area contributed by atoms with Crippen molar-refractivity contribution in [2.75, 3.05) is 13.6 Å². The van der Waals surface area contributed by atoms with Crippen molar-refractivity contribution in [3.63, 3.8) is 0 Å². The molecule has 0 spiro atoms. The van der Waals surface area contributed by atoms with Crippen molar-refractivity contribution in [3.8, 4) is 0 Å². The molecule has 0 radical (unpaired) electrons. The topological polar surface area (TPSA) is 52.6 Å². The summed E-state index contributed by atoms with van der Waals surface area (Å²) in [7, 11) is 1.91. The molecular formula is C12H22N2O2. The number of aliphatic hydroxyl groups excluding tert-OH is 1. The maximum Gasteiger partial charge on any atom is 0.237 e. The van der Waals surface area contributed by atoms with Crippen LogP contribution in [0.15, 0.2) is 0 Å². The molecule has 4 nitrogen and oxygen atoms in total. The number of nitrogens with zero attached hydrogens (tertiary/aromatic N) is 1. The minimum Gasteiger partial charge on any atom is -0.392 e. The minimum atomic E-state index is -0.263. The van der Waals surface area contributed by atoms with Crippen LogP contribution in [0.5, 0.6) is 0 Å². The third-order valence-corrected chi connectivity index (χ3v) is 3.61. The maximum absolute atomic E-state index is 11.8. The zero-order valence-corrected chi connectivity index (χ0v) is 10.1. The number of amides is 1. The van der Waals surface area contributed by atoms with Gasteiger partial charge >= 0.3 is 0 Å². The Hall–Kier alpha value is -0.610. The number of rotatable bonds is 6. The van der Waals surface area contributed by atoms with Crippen LogP contribution in [-0.2, 0) is 4.79 Å².